The number of carbonyl (C=O) groups excluding carboxylic acids is 4. The Labute approximate surface area is 258 Å². The first-order chi connectivity index (χ1) is 21.2. The molecule has 6 aliphatic rings. The molecule has 4 aliphatic heterocycles. The minimum atomic E-state index is -0.0309. The van der Waals surface area contributed by atoms with Crippen molar-refractivity contribution >= 4 is 35.0 Å². The lowest BCUT2D eigenvalue weighted by Crippen LogP contribution is -2.40. The summed E-state index contributed by atoms with van der Waals surface area (Å²) in [5, 5.41) is 11.9. The van der Waals surface area contributed by atoms with Crippen LogP contribution in [0, 0.1) is 11.8 Å². The molecule has 2 aliphatic carbocycles. The summed E-state index contributed by atoms with van der Waals surface area (Å²) in [6, 6.07) is 12.8. The summed E-state index contributed by atoms with van der Waals surface area (Å²) < 4.78 is 0. The number of hydrogen-bond donors (Lipinski definition) is 4. The van der Waals surface area contributed by atoms with Crippen molar-refractivity contribution in [3.63, 3.8) is 0 Å². The van der Waals surface area contributed by atoms with E-state index in [1.54, 1.807) is 12.1 Å². The highest BCUT2D eigenvalue weighted by molar-refractivity contribution is 6.02. The third-order valence-corrected chi connectivity index (χ3v) is 10.0. The zero-order chi connectivity index (χ0) is 30.5. The minimum absolute atomic E-state index is 0.00273. The van der Waals surface area contributed by atoms with E-state index in [-0.39, 0.29) is 35.7 Å². The van der Waals surface area contributed by atoms with Crippen molar-refractivity contribution in [2.24, 2.45) is 11.8 Å². The van der Waals surface area contributed by atoms with E-state index in [1.807, 2.05) is 24.3 Å². The zero-order valence-electron chi connectivity index (χ0n) is 25.5. The largest absolute Gasteiger partial charge is 0.348 e. The number of amides is 4. The van der Waals surface area contributed by atoms with Gasteiger partial charge in [0.15, 0.2) is 0 Å². The molecule has 232 valence electrons. The normalized spacial score (nSPS) is 27.6. The van der Waals surface area contributed by atoms with Crippen LogP contribution in [-0.4, -0.2) is 83.8 Å². The summed E-state index contributed by atoms with van der Waals surface area (Å²) in [6.07, 6.45) is 5.95. The molecule has 4 amide bonds. The summed E-state index contributed by atoms with van der Waals surface area (Å²) in [5.41, 5.74) is 4.78. The van der Waals surface area contributed by atoms with Crippen molar-refractivity contribution in [2.45, 2.75) is 76.5 Å². The van der Waals surface area contributed by atoms with E-state index in [0.29, 0.717) is 35.8 Å². The van der Waals surface area contributed by atoms with Gasteiger partial charge in [-0.25, -0.2) is 0 Å². The molecule has 10 nitrogen and oxygen atoms in total. The van der Waals surface area contributed by atoms with Crippen molar-refractivity contribution in [1.82, 2.24) is 20.4 Å². The average Bonchev–Trinajstić information content (AvgIpc) is 3.89. The van der Waals surface area contributed by atoms with Crippen LogP contribution in [0.4, 0.5) is 11.4 Å². The highest BCUT2D eigenvalue weighted by Gasteiger charge is 2.40. The topological polar surface area (TPSA) is 123 Å². The van der Waals surface area contributed by atoms with Crippen molar-refractivity contribution in [2.75, 3.05) is 36.8 Å². The fourth-order valence-electron chi connectivity index (χ4n) is 7.10. The second kappa shape index (κ2) is 11.6. The third kappa shape index (κ3) is 6.23. The van der Waals surface area contributed by atoms with E-state index >= 15 is 0 Å². The highest BCUT2D eigenvalue weighted by Crippen LogP contribution is 2.33. The van der Waals surface area contributed by atoms with Gasteiger partial charge in [0.05, 0.1) is 12.8 Å². The van der Waals surface area contributed by atoms with Crippen molar-refractivity contribution < 1.29 is 19.2 Å². The number of carbonyl (C=O) groups is 4. The number of rotatable bonds is 6. The molecule has 44 heavy (non-hydrogen) atoms. The molecule has 10 heteroatoms. The average molecular weight is 599 g/mol. The molecule has 0 unspecified atom stereocenters. The quantitative estimate of drug-likeness (QED) is 0.406. The number of hydrogen-bond acceptors (Lipinski definition) is 6. The van der Waals surface area contributed by atoms with E-state index in [9.17, 15) is 19.2 Å². The summed E-state index contributed by atoms with van der Waals surface area (Å²) in [6.45, 7) is 8.50. The van der Waals surface area contributed by atoms with Crippen molar-refractivity contribution in [1.29, 1.82) is 0 Å². The van der Waals surface area contributed by atoms with Gasteiger partial charge in [0.25, 0.3) is 11.8 Å². The van der Waals surface area contributed by atoms with Gasteiger partial charge in [-0.2, -0.15) is 0 Å². The van der Waals surface area contributed by atoms with E-state index in [4.69, 9.17) is 0 Å². The van der Waals surface area contributed by atoms with Crippen LogP contribution in [-0.2, 0) is 22.4 Å². The van der Waals surface area contributed by atoms with E-state index < -0.39 is 0 Å². The van der Waals surface area contributed by atoms with Gasteiger partial charge in [-0.15, -0.1) is 0 Å². The summed E-state index contributed by atoms with van der Waals surface area (Å²) in [5.74, 6) is 0.909. The lowest BCUT2D eigenvalue weighted by molar-refractivity contribution is -0.115. The Hall–Kier alpha value is -3.76. The number of fused-ring (bicyclic) bond motifs is 2. The van der Waals surface area contributed by atoms with Crippen LogP contribution in [0.2, 0.25) is 0 Å². The lowest BCUT2D eigenvalue weighted by Gasteiger charge is -2.17. The molecule has 2 aromatic rings. The number of anilines is 2. The maximum absolute atomic E-state index is 12.5. The summed E-state index contributed by atoms with van der Waals surface area (Å²) in [7, 11) is 0. The Balaban J connectivity index is 0.000000142. The van der Waals surface area contributed by atoms with Gasteiger partial charge in [0.1, 0.15) is 0 Å². The maximum Gasteiger partial charge on any atom is 0.251 e. The van der Waals surface area contributed by atoms with Gasteiger partial charge in [-0.1, -0.05) is 13.8 Å². The first kappa shape index (κ1) is 29.0. The zero-order valence-corrected chi connectivity index (χ0v) is 25.5. The standard InChI is InChI=1S/2C17H21N3O2/c2*1-10-8-20(13-3-4-13)9-15(10)19-17(22)11-2-5-14-12(6-11)7-16(21)18-14/h2*2,5-6,10,13,15H,3-4,7-9H2,1H3,(H,18,21)(H,19,22)/t10-,15+;10-,15-/m00/s1. The van der Waals surface area contributed by atoms with Crippen molar-refractivity contribution in [3.8, 4) is 0 Å². The second-order valence-electron chi connectivity index (χ2n) is 13.7. The summed E-state index contributed by atoms with van der Waals surface area (Å²) in [4.78, 5) is 52.8. The van der Waals surface area contributed by atoms with Crippen LogP contribution in [0.5, 0.6) is 0 Å². The molecule has 8 rings (SSSR count). The van der Waals surface area contributed by atoms with E-state index in [2.05, 4.69) is 44.9 Å². The minimum Gasteiger partial charge on any atom is -0.348 e. The molecule has 0 radical (unpaired) electrons. The SMILES string of the molecule is C[C@H]1CN(C2CC2)C[C@@H]1NC(=O)c1ccc2c(c1)CC(=O)N2.C[C@H]1CN(C2CC2)C[C@H]1NC(=O)c1ccc2c(c1)CC(=O)N2. The van der Waals surface area contributed by atoms with Crippen LogP contribution < -0.4 is 21.3 Å². The Morgan fingerprint density at radius 2 is 1.07 bits per heavy atom. The molecule has 2 saturated heterocycles. The van der Waals surface area contributed by atoms with Gasteiger partial charge in [0, 0.05) is 72.8 Å². The van der Waals surface area contributed by atoms with Gasteiger partial charge in [-0.05, 0) is 85.0 Å². The Morgan fingerprint density at radius 3 is 1.45 bits per heavy atom. The van der Waals surface area contributed by atoms with E-state index in [0.717, 1.165) is 60.8 Å². The first-order valence-corrected chi connectivity index (χ1v) is 16.2. The second-order valence-corrected chi connectivity index (χ2v) is 13.7. The smallest absolute Gasteiger partial charge is 0.251 e. The van der Waals surface area contributed by atoms with Crippen LogP contribution in [0.15, 0.2) is 36.4 Å². The first-order valence-electron chi connectivity index (χ1n) is 16.2. The predicted molar refractivity (Wildman–Crippen MR) is 168 cm³/mol. The molecule has 4 heterocycles. The van der Waals surface area contributed by atoms with Gasteiger partial charge in [-0.3, -0.25) is 29.0 Å². The molecule has 2 saturated carbocycles. The fourth-order valence-corrected chi connectivity index (χ4v) is 7.10. The Bertz CT molecular complexity index is 1390. The molecule has 4 N–H and O–H groups in total. The summed E-state index contributed by atoms with van der Waals surface area (Å²) >= 11 is 0. The van der Waals surface area contributed by atoms with Crippen molar-refractivity contribution in [3.05, 3.63) is 58.7 Å². The number of nitrogens with one attached hydrogen (secondary N) is 4. The molecule has 2 aromatic carbocycles. The fraction of sp³-hybridized carbons (Fsp3) is 0.529. The predicted octanol–water partition coefficient (Wildman–Crippen LogP) is 2.79. The molecular formula is C34H42N6O4. The number of likely N-dealkylation sites (tertiary alicyclic amines) is 2. The third-order valence-electron chi connectivity index (χ3n) is 10.0. The maximum atomic E-state index is 12.5. The lowest BCUT2D eigenvalue weighted by atomic mass is 10.0. The van der Waals surface area contributed by atoms with Gasteiger partial charge < -0.3 is 21.3 Å². The Kier molecular flexibility index (Phi) is 7.66. The number of nitrogens with zero attached hydrogens (tertiary/aromatic N) is 2. The van der Waals surface area contributed by atoms with Gasteiger partial charge in [0.2, 0.25) is 11.8 Å². The number of benzene rings is 2. The monoisotopic (exact) mass is 598 g/mol. The molecular weight excluding hydrogens is 556 g/mol. The molecule has 0 aromatic heterocycles. The van der Waals surface area contributed by atoms with Gasteiger partial charge >= 0.3 is 0 Å². The highest BCUT2D eigenvalue weighted by atomic mass is 16.2. The van der Waals surface area contributed by atoms with E-state index in [1.165, 1.54) is 25.7 Å². The van der Waals surface area contributed by atoms with Crippen LogP contribution in [0.25, 0.3) is 0 Å². The van der Waals surface area contributed by atoms with Crippen LogP contribution in [0.1, 0.15) is 71.4 Å². The molecule has 0 bridgehead atoms. The molecule has 4 fully saturated rings. The van der Waals surface area contributed by atoms with Crippen LogP contribution >= 0.6 is 0 Å². The molecule has 4 atom stereocenters. The molecule has 0 spiro atoms. The van der Waals surface area contributed by atoms with Crippen LogP contribution in [0.3, 0.4) is 0 Å². The Morgan fingerprint density at radius 1 is 0.659 bits per heavy atom.